The molecule has 0 aromatic heterocycles. The molecule has 1 aromatic rings. The summed E-state index contributed by atoms with van der Waals surface area (Å²) in [5.41, 5.74) is 1.75. The van der Waals surface area contributed by atoms with Gasteiger partial charge in [0.05, 0.1) is 5.41 Å². The van der Waals surface area contributed by atoms with Crippen molar-refractivity contribution in [3.8, 4) is 5.75 Å². The zero-order valence-electron chi connectivity index (χ0n) is 17.0. The Labute approximate surface area is 185 Å². The Morgan fingerprint density at radius 2 is 2.07 bits per heavy atom. The van der Waals surface area contributed by atoms with Crippen molar-refractivity contribution in [3.05, 3.63) is 29.3 Å². The average molecular weight is 499 g/mol. The SMILES string of the molecule is C[C@]12CC[C@@H]3c4ccc(OS(N)(=O)=O)cc4CC[C@H]3[C@@H]1CC(=O)N(CCCBr)C2=O. The molecule has 2 fully saturated rings. The highest BCUT2D eigenvalue weighted by Crippen LogP contribution is 2.58. The lowest BCUT2D eigenvalue weighted by Crippen LogP contribution is -2.59. The molecule has 4 rings (SSSR count). The molecule has 1 aliphatic heterocycles. The van der Waals surface area contributed by atoms with Crippen molar-refractivity contribution in [1.82, 2.24) is 4.90 Å². The first-order valence-corrected chi connectivity index (χ1v) is 13.0. The van der Waals surface area contributed by atoms with E-state index in [9.17, 15) is 18.0 Å². The van der Waals surface area contributed by atoms with Crippen LogP contribution in [0.1, 0.15) is 56.1 Å². The summed E-state index contributed by atoms with van der Waals surface area (Å²) in [7, 11) is -4.06. The molecule has 0 bridgehead atoms. The number of likely N-dealkylation sites (tertiary alicyclic amines) is 1. The molecule has 2 aliphatic carbocycles. The molecule has 3 aliphatic rings. The van der Waals surface area contributed by atoms with Gasteiger partial charge in [-0.25, -0.2) is 0 Å². The fourth-order valence-electron chi connectivity index (χ4n) is 5.87. The molecule has 1 aromatic carbocycles. The van der Waals surface area contributed by atoms with Gasteiger partial charge in [-0.05, 0) is 73.1 Å². The number of imide groups is 1. The standard InChI is InChI=1S/C21H27BrN2O5S/c1-21-8-7-16-15-6-4-14(29-30(23,27)28)11-13(15)3-5-17(16)18(21)12-19(25)24(20(21)26)10-2-9-22/h4,6,11,16-18H,2-3,5,7-10,12H2,1H3,(H2,23,27,28)/t16-,17-,18+,21+/m1/s1. The largest absolute Gasteiger partial charge is 0.380 e. The second-order valence-electron chi connectivity index (χ2n) is 8.91. The van der Waals surface area contributed by atoms with Crippen LogP contribution in [0.3, 0.4) is 0 Å². The number of rotatable bonds is 5. The molecule has 4 atom stereocenters. The molecular weight excluding hydrogens is 472 g/mol. The molecule has 0 spiro atoms. The molecule has 1 saturated heterocycles. The van der Waals surface area contributed by atoms with Crippen LogP contribution in [-0.4, -0.2) is 37.0 Å². The topological polar surface area (TPSA) is 107 Å². The van der Waals surface area contributed by atoms with Gasteiger partial charge in [0.1, 0.15) is 5.75 Å². The van der Waals surface area contributed by atoms with Crippen LogP contribution in [0.4, 0.5) is 0 Å². The Morgan fingerprint density at radius 1 is 1.30 bits per heavy atom. The molecule has 1 saturated carbocycles. The van der Waals surface area contributed by atoms with Crippen molar-refractivity contribution in [2.75, 3.05) is 11.9 Å². The van der Waals surface area contributed by atoms with Crippen LogP contribution in [0.25, 0.3) is 0 Å². The first kappa shape index (κ1) is 21.8. The van der Waals surface area contributed by atoms with E-state index < -0.39 is 15.7 Å². The number of halogens is 1. The number of carbonyl (C=O) groups excluding carboxylic acids is 2. The van der Waals surface area contributed by atoms with Crippen molar-refractivity contribution in [1.29, 1.82) is 0 Å². The number of fused-ring (bicyclic) bond motifs is 5. The summed E-state index contributed by atoms with van der Waals surface area (Å²) in [6.45, 7) is 2.53. The van der Waals surface area contributed by atoms with Crippen molar-refractivity contribution < 1.29 is 22.2 Å². The minimum Gasteiger partial charge on any atom is -0.371 e. The number of aryl methyl sites for hydroxylation is 1. The van der Waals surface area contributed by atoms with Crippen LogP contribution in [0, 0.1) is 17.3 Å². The number of piperidine rings is 1. The Kier molecular flexibility index (Phi) is 5.74. The predicted molar refractivity (Wildman–Crippen MR) is 115 cm³/mol. The van der Waals surface area contributed by atoms with Gasteiger partial charge >= 0.3 is 10.3 Å². The molecule has 164 valence electrons. The molecule has 0 unspecified atom stereocenters. The minimum atomic E-state index is -4.06. The third-order valence-corrected chi connectivity index (χ3v) is 8.23. The number of nitrogens with zero attached hydrogens (tertiary/aromatic N) is 1. The van der Waals surface area contributed by atoms with Gasteiger partial charge in [0, 0.05) is 18.3 Å². The van der Waals surface area contributed by atoms with E-state index in [2.05, 4.69) is 15.9 Å². The van der Waals surface area contributed by atoms with Crippen molar-refractivity contribution in [3.63, 3.8) is 0 Å². The molecule has 30 heavy (non-hydrogen) atoms. The summed E-state index contributed by atoms with van der Waals surface area (Å²) in [5, 5.41) is 5.75. The van der Waals surface area contributed by atoms with Gasteiger partial charge in [0.15, 0.2) is 0 Å². The maximum absolute atomic E-state index is 13.3. The third kappa shape index (κ3) is 3.80. The van der Waals surface area contributed by atoms with Crippen LogP contribution in [0.5, 0.6) is 5.75 Å². The van der Waals surface area contributed by atoms with E-state index in [0.717, 1.165) is 43.0 Å². The summed E-state index contributed by atoms with van der Waals surface area (Å²) in [6.07, 6.45) is 4.46. The Morgan fingerprint density at radius 3 is 2.77 bits per heavy atom. The fraction of sp³-hybridized carbons (Fsp3) is 0.619. The number of amides is 2. The first-order chi connectivity index (χ1) is 14.1. The summed E-state index contributed by atoms with van der Waals surface area (Å²) in [5.74, 6) is 0.751. The summed E-state index contributed by atoms with van der Waals surface area (Å²) < 4.78 is 27.3. The molecule has 2 amide bonds. The predicted octanol–water partition coefficient (Wildman–Crippen LogP) is 2.88. The number of nitrogens with two attached hydrogens (primary N) is 1. The van der Waals surface area contributed by atoms with Gasteiger partial charge < -0.3 is 4.18 Å². The highest BCUT2D eigenvalue weighted by atomic mass is 79.9. The average Bonchev–Trinajstić information content (AvgIpc) is 2.67. The Bertz CT molecular complexity index is 982. The molecule has 9 heteroatoms. The van der Waals surface area contributed by atoms with Gasteiger partial charge in [-0.3, -0.25) is 14.5 Å². The van der Waals surface area contributed by atoms with E-state index in [1.165, 1.54) is 10.5 Å². The number of hydrogen-bond donors (Lipinski definition) is 1. The zero-order chi connectivity index (χ0) is 21.7. The second kappa shape index (κ2) is 7.91. The monoisotopic (exact) mass is 498 g/mol. The first-order valence-electron chi connectivity index (χ1n) is 10.4. The van der Waals surface area contributed by atoms with E-state index in [1.807, 2.05) is 13.0 Å². The maximum atomic E-state index is 13.3. The van der Waals surface area contributed by atoms with Gasteiger partial charge in [-0.1, -0.05) is 28.9 Å². The van der Waals surface area contributed by atoms with E-state index in [-0.39, 0.29) is 35.3 Å². The molecule has 0 radical (unpaired) electrons. The number of benzene rings is 1. The highest BCUT2D eigenvalue weighted by Gasteiger charge is 2.57. The van der Waals surface area contributed by atoms with Gasteiger partial charge in [-0.2, -0.15) is 13.6 Å². The fourth-order valence-corrected chi connectivity index (χ4v) is 6.49. The maximum Gasteiger partial charge on any atom is 0.380 e. The molecule has 7 nitrogen and oxygen atoms in total. The number of alkyl halides is 1. The van der Waals surface area contributed by atoms with Crippen LogP contribution in [0.15, 0.2) is 18.2 Å². The normalized spacial score (nSPS) is 31.0. The van der Waals surface area contributed by atoms with E-state index >= 15 is 0 Å². The van der Waals surface area contributed by atoms with Crippen LogP contribution in [-0.2, 0) is 26.3 Å². The summed E-state index contributed by atoms with van der Waals surface area (Å²) in [6, 6.07) is 5.31. The van der Waals surface area contributed by atoms with Crippen molar-refractivity contribution in [2.24, 2.45) is 22.4 Å². The van der Waals surface area contributed by atoms with E-state index in [1.54, 1.807) is 12.1 Å². The Balaban J connectivity index is 1.60. The quantitative estimate of drug-likeness (QED) is 0.495. The molecule has 1 heterocycles. The van der Waals surface area contributed by atoms with Gasteiger partial charge in [0.2, 0.25) is 11.8 Å². The number of hydrogen-bond acceptors (Lipinski definition) is 5. The lowest BCUT2D eigenvalue weighted by Gasteiger charge is -2.54. The zero-order valence-corrected chi connectivity index (χ0v) is 19.4. The van der Waals surface area contributed by atoms with E-state index in [4.69, 9.17) is 9.32 Å². The second-order valence-corrected chi connectivity index (χ2v) is 10.9. The molecule has 2 N–H and O–H groups in total. The van der Waals surface area contributed by atoms with Crippen LogP contribution >= 0.6 is 15.9 Å². The summed E-state index contributed by atoms with van der Waals surface area (Å²) >= 11 is 3.38. The van der Waals surface area contributed by atoms with E-state index in [0.29, 0.717) is 13.0 Å². The molecular formula is C21H27BrN2O5S. The lowest BCUT2D eigenvalue weighted by molar-refractivity contribution is -0.167. The number of carbonyl (C=O) groups is 2. The lowest BCUT2D eigenvalue weighted by atomic mass is 9.52. The van der Waals surface area contributed by atoms with Crippen molar-refractivity contribution in [2.45, 2.75) is 51.4 Å². The highest BCUT2D eigenvalue weighted by molar-refractivity contribution is 9.09. The smallest absolute Gasteiger partial charge is 0.371 e. The van der Waals surface area contributed by atoms with Gasteiger partial charge in [0.25, 0.3) is 0 Å². The third-order valence-electron chi connectivity index (χ3n) is 7.24. The Hall–Kier alpha value is -1.45. The van der Waals surface area contributed by atoms with Crippen LogP contribution in [0.2, 0.25) is 0 Å². The minimum absolute atomic E-state index is 0.00847. The summed E-state index contributed by atoms with van der Waals surface area (Å²) in [4.78, 5) is 27.6. The van der Waals surface area contributed by atoms with Crippen molar-refractivity contribution >= 4 is 38.0 Å². The van der Waals surface area contributed by atoms with Crippen LogP contribution < -0.4 is 9.32 Å². The van der Waals surface area contributed by atoms with Gasteiger partial charge in [-0.15, -0.1) is 0 Å².